The molecule has 0 saturated carbocycles. The van der Waals surface area contributed by atoms with Gasteiger partial charge in [-0.05, 0) is 55.2 Å². The number of hydrogen-bond acceptors (Lipinski definition) is 6. The first kappa shape index (κ1) is 25.6. The predicted octanol–water partition coefficient (Wildman–Crippen LogP) is 5.96. The molecule has 0 N–H and O–H groups in total. The molecule has 0 aliphatic carbocycles. The van der Waals surface area contributed by atoms with Crippen molar-refractivity contribution >= 4 is 38.7 Å². The molecule has 0 spiro atoms. The summed E-state index contributed by atoms with van der Waals surface area (Å²) in [5, 5.41) is 0. The van der Waals surface area contributed by atoms with E-state index in [9.17, 15) is 26.4 Å². The second-order valence-electron chi connectivity index (χ2n) is 7.92. The van der Waals surface area contributed by atoms with E-state index < -0.39 is 27.9 Å². The summed E-state index contributed by atoms with van der Waals surface area (Å²) in [5.74, 6) is 0.178. The van der Waals surface area contributed by atoms with Crippen LogP contribution in [0.4, 0.5) is 13.2 Å². The van der Waals surface area contributed by atoms with Crippen LogP contribution in [-0.2, 0) is 27.4 Å². The Kier molecular flexibility index (Phi) is 7.51. The summed E-state index contributed by atoms with van der Waals surface area (Å²) in [4.78, 5) is 16.2. The first-order valence-electron chi connectivity index (χ1n) is 10.6. The van der Waals surface area contributed by atoms with Crippen molar-refractivity contribution in [1.82, 2.24) is 9.29 Å². The number of nitrogens with zero attached hydrogens (tertiary/aromatic N) is 2. The van der Waals surface area contributed by atoms with E-state index in [1.165, 1.54) is 22.5 Å². The van der Waals surface area contributed by atoms with Crippen LogP contribution in [0.15, 0.2) is 58.9 Å². The number of rotatable bonds is 8. The Morgan fingerprint density at radius 1 is 1.14 bits per heavy atom. The minimum atomic E-state index is -4.57. The summed E-state index contributed by atoms with van der Waals surface area (Å²) in [6.07, 6.45) is -1.93. The van der Waals surface area contributed by atoms with Crippen molar-refractivity contribution in [3.05, 3.63) is 70.3 Å². The van der Waals surface area contributed by atoms with Gasteiger partial charge < -0.3 is 4.74 Å². The summed E-state index contributed by atoms with van der Waals surface area (Å²) in [6, 6.07) is 11.0. The van der Waals surface area contributed by atoms with Crippen LogP contribution in [-0.4, -0.2) is 36.1 Å². The Hall–Kier alpha value is -2.47. The second-order valence-corrected chi connectivity index (χ2v) is 11.8. The van der Waals surface area contributed by atoms with Crippen molar-refractivity contribution in [2.24, 2.45) is 0 Å². The molecule has 4 rings (SSSR count). The van der Waals surface area contributed by atoms with E-state index in [-0.39, 0.29) is 28.7 Å². The highest BCUT2D eigenvalue weighted by atomic mass is 35.5. The molecule has 0 radical (unpaired) electrons. The van der Waals surface area contributed by atoms with Crippen molar-refractivity contribution in [3.8, 4) is 11.5 Å². The van der Waals surface area contributed by atoms with Crippen molar-refractivity contribution < 1.29 is 31.1 Å². The number of alkyl halides is 3. The molecule has 186 valence electrons. The molecule has 35 heavy (non-hydrogen) atoms. The molecule has 0 bridgehead atoms. The Morgan fingerprint density at radius 3 is 2.54 bits per heavy atom. The van der Waals surface area contributed by atoms with Crippen LogP contribution in [0.2, 0.25) is 4.34 Å². The van der Waals surface area contributed by atoms with Crippen LogP contribution < -0.4 is 4.74 Å². The van der Waals surface area contributed by atoms with E-state index in [2.05, 4.69) is 4.98 Å². The Morgan fingerprint density at radius 2 is 1.89 bits per heavy atom. The minimum absolute atomic E-state index is 0.00446. The van der Waals surface area contributed by atoms with E-state index in [0.717, 1.165) is 29.2 Å². The fraction of sp³-hybridized carbons (Fsp3) is 0.304. The molecule has 1 saturated heterocycles. The van der Waals surface area contributed by atoms with Gasteiger partial charge in [0.2, 0.25) is 0 Å². The third kappa shape index (κ3) is 6.03. The maximum atomic E-state index is 12.9. The number of carbonyl (C=O) groups excluding carboxylic acids is 1. The number of sulfonamides is 1. The number of pyridine rings is 1. The fourth-order valence-corrected chi connectivity index (χ4v) is 7.12. The van der Waals surface area contributed by atoms with E-state index >= 15 is 0 Å². The van der Waals surface area contributed by atoms with E-state index in [4.69, 9.17) is 16.3 Å². The molecule has 6 nitrogen and oxygen atoms in total. The SMILES string of the molecule is O=C(CCc1ccc(Oc2ccnc(C(F)(F)F)c2)cc1)[C@@H]1CCCN1S(=O)(=O)c1ccc(Cl)s1. The Bertz CT molecular complexity index is 1310. The van der Waals surface area contributed by atoms with E-state index in [1.54, 1.807) is 24.3 Å². The first-order chi connectivity index (χ1) is 16.5. The highest BCUT2D eigenvalue weighted by Gasteiger charge is 2.39. The van der Waals surface area contributed by atoms with Crippen molar-refractivity contribution in [1.29, 1.82) is 0 Å². The maximum absolute atomic E-state index is 12.9. The van der Waals surface area contributed by atoms with Gasteiger partial charge in [0, 0.05) is 25.2 Å². The smallest absolute Gasteiger partial charge is 0.433 e. The van der Waals surface area contributed by atoms with Gasteiger partial charge in [-0.1, -0.05) is 23.7 Å². The maximum Gasteiger partial charge on any atom is 0.433 e. The van der Waals surface area contributed by atoms with Crippen molar-refractivity contribution in [2.75, 3.05) is 6.54 Å². The molecule has 3 heterocycles. The molecule has 12 heteroatoms. The van der Waals surface area contributed by atoms with Crippen LogP contribution in [0, 0.1) is 0 Å². The van der Waals surface area contributed by atoms with Gasteiger partial charge in [-0.15, -0.1) is 11.3 Å². The second kappa shape index (κ2) is 10.3. The van der Waals surface area contributed by atoms with Crippen molar-refractivity contribution in [3.63, 3.8) is 0 Å². The van der Waals surface area contributed by atoms with Crippen molar-refractivity contribution in [2.45, 2.75) is 42.1 Å². The molecule has 1 aliphatic heterocycles. The molecular formula is C23H20ClF3N2O4S2. The average molecular weight is 545 g/mol. The number of aryl methyl sites for hydroxylation is 1. The standard InChI is InChI=1S/C23H20ClF3N2O4S2/c24-21-9-10-22(34-21)35(31,32)29-13-1-2-18(29)19(30)8-5-15-3-6-16(7-4-15)33-17-11-12-28-20(14-17)23(25,26)27/h3-4,6-7,9-12,14,18H,1-2,5,8,13H2/t18-/m0/s1. The lowest BCUT2D eigenvalue weighted by Gasteiger charge is -2.22. The van der Waals surface area contributed by atoms with E-state index in [1.807, 2.05) is 0 Å². The molecule has 1 fully saturated rings. The first-order valence-corrected chi connectivity index (χ1v) is 13.3. The average Bonchev–Trinajstić information content (AvgIpc) is 3.48. The van der Waals surface area contributed by atoms with Gasteiger partial charge in [-0.3, -0.25) is 9.78 Å². The number of thiophene rings is 1. The number of hydrogen-bond donors (Lipinski definition) is 0. The number of carbonyl (C=O) groups is 1. The lowest BCUT2D eigenvalue weighted by atomic mass is 10.0. The Balaban J connectivity index is 1.36. The molecule has 1 atom stereocenters. The van der Waals surface area contributed by atoms with Gasteiger partial charge >= 0.3 is 6.18 Å². The summed E-state index contributed by atoms with van der Waals surface area (Å²) in [7, 11) is -3.79. The number of benzene rings is 1. The van der Waals surface area contributed by atoms with Gasteiger partial charge in [0.05, 0.1) is 10.4 Å². The zero-order chi connectivity index (χ0) is 25.2. The van der Waals surface area contributed by atoms with Gasteiger partial charge in [-0.25, -0.2) is 8.42 Å². The van der Waals surface area contributed by atoms with Crippen LogP contribution in [0.1, 0.15) is 30.5 Å². The number of halogens is 4. The van der Waals surface area contributed by atoms with Crippen LogP contribution in [0.5, 0.6) is 11.5 Å². The lowest BCUT2D eigenvalue weighted by Crippen LogP contribution is -2.40. The van der Waals surface area contributed by atoms with Crippen LogP contribution in [0.25, 0.3) is 0 Å². The van der Waals surface area contributed by atoms with Crippen LogP contribution >= 0.6 is 22.9 Å². The molecular weight excluding hydrogens is 525 g/mol. The molecule has 0 amide bonds. The number of aromatic nitrogens is 1. The number of Topliss-reactive ketones (excluding diaryl/α,β-unsaturated/α-hetero) is 1. The summed E-state index contributed by atoms with van der Waals surface area (Å²) in [5.41, 5.74) is -0.232. The third-order valence-corrected chi connectivity index (χ3v) is 9.13. The zero-order valence-corrected chi connectivity index (χ0v) is 20.6. The highest BCUT2D eigenvalue weighted by Crippen LogP contribution is 2.33. The lowest BCUT2D eigenvalue weighted by molar-refractivity contribution is -0.141. The molecule has 3 aromatic rings. The normalized spacial score (nSPS) is 17.0. The van der Waals surface area contributed by atoms with Gasteiger partial charge in [0.1, 0.15) is 21.4 Å². The number of ether oxygens (including phenoxy) is 1. The highest BCUT2D eigenvalue weighted by molar-refractivity contribution is 7.91. The predicted molar refractivity (Wildman–Crippen MR) is 125 cm³/mol. The molecule has 1 aliphatic rings. The minimum Gasteiger partial charge on any atom is -0.457 e. The Labute approximate surface area is 209 Å². The van der Waals surface area contributed by atoms with Gasteiger partial charge in [0.15, 0.2) is 5.78 Å². The summed E-state index contributed by atoms with van der Waals surface area (Å²) in [6.45, 7) is 0.283. The summed E-state index contributed by atoms with van der Waals surface area (Å²) >= 11 is 6.85. The fourth-order valence-electron chi connectivity index (χ4n) is 3.83. The van der Waals surface area contributed by atoms with Gasteiger partial charge in [-0.2, -0.15) is 17.5 Å². The van der Waals surface area contributed by atoms with E-state index in [0.29, 0.717) is 29.3 Å². The quantitative estimate of drug-likeness (QED) is 0.349. The topological polar surface area (TPSA) is 76.6 Å². The third-order valence-electron chi connectivity index (χ3n) is 5.53. The zero-order valence-electron chi connectivity index (χ0n) is 18.2. The number of ketones is 1. The summed E-state index contributed by atoms with van der Waals surface area (Å²) < 4.78 is 71.6. The molecule has 2 aromatic heterocycles. The molecule has 1 aromatic carbocycles. The largest absolute Gasteiger partial charge is 0.457 e. The van der Waals surface area contributed by atoms with Gasteiger partial charge in [0.25, 0.3) is 10.0 Å². The van der Waals surface area contributed by atoms with Crippen LogP contribution in [0.3, 0.4) is 0 Å². The monoisotopic (exact) mass is 544 g/mol. The molecule has 0 unspecified atom stereocenters.